The molecule has 2 aromatic heterocycles. The molecule has 1 aliphatic rings. The number of carbonyl (C=O) groups is 2. The van der Waals surface area contributed by atoms with Gasteiger partial charge in [-0.25, -0.2) is 14.8 Å². The third-order valence-electron chi connectivity index (χ3n) is 4.77. The van der Waals surface area contributed by atoms with Gasteiger partial charge in [0.1, 0.15) is 10.8 Å². The molecule has 3 amide bonds. The predicted molar refractivity (Wildman–Crippen MR) is 113 cm³/mol. The summed E-state index contributed by atoms with van der Waals surface area (Å²) in [6.45, 7) is 4.59. The highest BCUT2D eigenvalue weighted by atomic mass is 32.1. The number of carbonyl (C=O) groups excluding carboxylic acids is 2. The van der Waals surface area contributed by atoms with Gasteiger partial charge in [0.05, 0.1) is 11.9 Å². The van der Waals surface area contributed by atoms with E-state index in [1.54, 1.807) is 20.3 Å². The Balaban J connectivity index is 1.85. The van der Waals surface area contributed by atoms with Crippen LogP contribution in [0, 0.1) is 6.92 Å². The van der Waals surface area contributed by atoms with E-state index in [0.29, 0.717) is 18.2 Å². The lowest BCUT2D eigenvalue weighted by Crippen LogP contribution is -2.53. The first-order valence-corrected chi connectivity index (χ1v) is 10.1. The zero-order valence-corrected chi connectivity index (χ0v) is 17.8. The molecule has 0 radical (unpaired) electrons. The molecule has 0 bridgehead atoms. The fourth-order valence-corrected chi connectivity index (χ4v) is 3.83. The molecule has 156 valence electrons. The Labute approximate surface area is 173 Å². The number of anilines is 3. The van der Waals surface area contributed by atoms with Gasteiger partial charge in [0.2, 0.25) is 0 Å². The van der Waals surface area contributed by atoms with Crippen LogP contribution in [0.25, 0.3) is 0 Å². The molecule has 3 rings (SSSR count). The molecule has 3 heterocycles. The van der Waals surface area contributed by atoms with Crippen LogP contribution in [0.4, 0.5) is 21.4 Å². The lowest BCUT2D eigenvalue weighted by atomic mass is 9.99. The minimum absolute atomic E-state index is 0.000674. The second-order valence-electron chi connectivity index (χ2n) is 7.37. The van der Waals surface area contributed by atoms with Crippen LogP contribution in [-0.4, -0.2) is 63.9 Å². The molecule has 1 saturated heterocycles. The first kappa shape index (κ1) is 20.8. The van der Waals surface area contributed by atoms with Crippen molar-refractivity contribution in [3.63, 3.8) is 0 Å². The smallest absolute Gasteiger partial charge is 0.317 e. The number of piperidine rings is 1. The minimum Gasteiger partial charge on any atom is -0.364 e. The number of primary amides is 1. The normalized spacial score (nSPS) is 19.0. The first-order valence-electron chi connectivity index (χ1n) is 9.36. The van der Waals surface area contributed by atoms with Gasteiger partial charge >= 0.3 is 6.03 Å². The maximum absolute atomic E-state index is 12.0. The molecule has 2 unspecified atom stereocenters. The van der Waals surface area contributed by atoms with E-state index < -0.39 is 5.91 Å². The van der Waals surface area contributed by atoms with Crippen molar-refractivity contribution in [1.29, 1.82) is 0 Å². The zero-order chi connectivity index (χ0) is 21.1. The van der Waals surface area contributed by atoms with Gasteiger partial charge in [-0.15, -0.1) is 0 Å². The number of hydrogen-bond donors (Lipinski definition) is 3. The molecule has 0 spiro atoms. The molecule has 29 heavy (non-hydrogen) atoms. The summed E-state index contributed by atoms with van der Waals surface area (Å²) in [5, 5.41) is 6.88. The molecule has 4 N–H and O–H groups in total. The van der Waals surface area contributed by atoms with Gasteiger partial charge in [-0.1, -0.05) is 0 Å². The first-order chi connectivity index (χ1) is 13.7. The maximum atomic E-state index is 12.0. The van der Waals surface area contributed by atoms with Crippen molar-refractivity contribution in [2.75, 3.05) is 30.9 Å². The van der Waals surface area contributed by atoms with Crippen LogP contribution in [0.5, 0.6) is 0 Å². The average molecular weight is 419 g/mol. The third kappa shape index (κ3) is 4.91. The molecule has 2 atom stereocenters. The monoisotopic (exact) mass is 418 g/mol. The van der Waals surface area contributed by atoms with Crippen molar-refractivity contribution in [3.05, 3.63) is 23.7 Å². The highest BCUT2D eigenvalue weighted by Crippen LogP contribution is 2.27. The Morgan fingerprint density at radius 1 is 1.34 bits per heavy atom. The molecular formula is C18H26N8O2S. The van der Waals surface area contributed by atoms with Crippen LogP contribution >= 0.6 is 11.5 Å². The number of urea groups is 1. The standard InChI is InChI=1S/C18H26N8O2S/c1-10-7-14(29-24-10)23-17-15(16(19)27)20-8-13(22-17)26-9-12(6-5-11(26)2)21-18(28)25(3)4/h7-8,11-12H,5-6,9H2,1-4H3,(H2,19,27)(H,21,28)(H,22,23). The topological polar surface area (TPSA) is 129 Å². The van der Waals surface area contributed by atoms with E-state index in [2.05, 4.69) is 36.8 Å². The van der Waals surface area contributed by atoms with E-state index in [0.717, 1.165) is 23.5 Å². The molecule has 0 aromatic carbocycles. The Kier molecular flexibility index (Phi) is 6.16. The van der Waals surface area contributed by atoms with Crippen LogP contribution in [-0.2, 0) is 0 Å². The minimum atomic E-state index is -0.657. The second kappa shape index (κ2) is 8.60. The van der Waals surface area contributed by atoms with Crippen LogP contribution in [0.1, 0.15) is 35.9 Å². The van der Waals surface area contributed by atoms with Crippen molar-refractivity contribution in [1.82, 2.24) is 24.6 Å². The highest BCUT2D eigenvalue weighted by Gasteiger charge is 2.29. The SMILES string of the molecule is Cc1cc(Nc2nc(N3CC(NC(=O)N(C)C)CCC3C)cnc2C(N)=O)sn1. The number of rotatable bonds is 5. The zero-order valence-electron chi connectivity index (χ0n) is 17.0. The Morgan fingerprint density at radius 2 is 2.10 bits per heavy atom. The van der Waals surface area contributed by atoms with Gasteiger partial charge in [-0.2, -0.15) is 4.37 Å². The molecule has 1 aliphatic heterocycles. The van der Waals surface area contributed by atoms with E-state index >= 15 is 0 Å². The summed E-state index contributed by atoms with van der Waals surface area (Å²) in [5.74, 6) is 0.260. The maximum Gasteiger partial charge on any atom is 0.317 e. The van der Waals surface area contributed by atoms with E-state index in [-0.39, 0.29) is 23.8 Å². The summed E-state index contributed by atoms with van der Waals surface area (Å²) in [6, 6.07) is 1.96. The number of amides is 3. The number of nitrogens with zero attached hydrogens (tertiary/aromatic N) is 5. The molecule has 0 saturated carbocycles. The van der Waals surface area contributed by atoms with E-state index in [1.165, 1.54) is 16.4 Å². The molecule has 2 aromatic rings. The Morgan fingerprint density at radius 3 is 2.72 bits per heavy atom. The van der Waals surface area contributed by atoms with Crippen molar-refractivity contribution in [2.24, 2.45) is 5.73 Å². The van der Waals surface area contributed by atoms with E-state index in [1.807, 2.05) is 13.0 Å². The molecular weight excluding hydrogens is 392 g/mol. The van der Waals surface area contributed by atoms with E-state index in [4.69, 9.17) is 5.73 Å². The summed E-state index contributed by atoms with van der Waals surface area (Å²) in [4.78, 5) is 36.3. The predicted octanol–water partition coefficient (Wildman–Crippen LogP) is 1.71. The average Bonchev–Trinajstić information content (AvgIpc) is 3.07. The largest absolute Gasteiger partial charge is 0.364 e. The van der Waals surface area contributed by atoms with Gasteiger partial charge in [-0.3, -0.25) is 4.79 Å². The number of nitrogens with two attached hydrogens (primary N) is 1. The van der Waals surface area contributed by atoms with Crippen LogP contribution in [0.2, 0.25) is 0 Å². The van der Waals surface area contributed by atoms with Crippen LogP contribution < -0.4 is 21.3 Å². The van der Waals surface area contributed by atoms with Crippen molar-refractivity contribution < 1.29 is 9.59 Å². The van der Waals surface area contributed by atoms with Crippen LogP contribution in [0.15, 0.2) is 12.3 Å². The van der Waals surface area contributed by atoms with Gasteiger partial charge in [0.15, 0.2) is 11.5 Å². The van der Waals surface area contributed by atoms with Crippen molar-refractivity contribution >= 4 is 40.1 Å². The Bertz CT molecular complexity index is 900. The van der Waals surface area contributed by atoms with E-state index in [9.17, 15) is 9.59 Å². The summed E-state index contributed by atoms with van der Waals surface area (Å²) in [6.07, 6.45) is 3.33. The summed E-state index contributed by atoms with van der Waals surface area (Å²) in [7, 11) is 3.43. The third-order valence-corrected chi connectivity index (χ3v) is 5.57. The van der Waals surface area contributed by atoms with Gasteiger partial charge < -0.3 is 26.2 Å². The fourth-order valence-electron chi connectivity index (χ4n) is 3.17. The summed E-state index contributed by atoms with van der Waals surface area (Å²) < 4.78 is 4.22. The summed E-state index contributed by atoms with van der Waals surface area (Å²) >= 11 is 1.27. The van der Waals surface area contributed by atoms with Crippen LogP contribution in [0.3, 0.4) is 0 Å². The highest BCUT2D eigenvalue weighted by molar-refractivity contribution is 7.10. The Hall–Kier alpha value is -2.95. The fraction of sp³-hybridized carbons (Fsp3) is 0.500. The van der Waals surface area contributed by atoms with Gasteiger partial charge in [0.25, 0.3) is 5.91 Å². The number of aryl methyl sites for hydroxylation is 1. The molecule has 0 aliphatic carbocycles. The molecule has 11 heteroatoms. The van der Waals surface area contributed by atoms with Crippen molar-refractivity contribution in [2.45, 2.75) is 38.8 Å². The second-order valence-corrected chi connectivity index (χ2v) is 8.17. The summed E-state index contributed by atoms with van der Waals surface area (Å²) in [5.41, 5.74) is 6.41. The molecule has 1 fully saturated rings. The lowest BCUT2D eigenvalue weighted by Gasteiger charge is -2.39. The van der Waals surface area contributed by atoms with Gasteiger partial charge in [0, 0.05) is 32.7 Å². The molecule has 10 nitrogen and oxygen atoms in total. The van der Waals surface area contributed by atoms with Gasteiger partial charge in [-0.05, 0) is 44.3 Å². The lowest BCUT2D eigenvalue weighted by molar-refractivity contribution is 0.0996. The number of aromatic nitrogens is 3. The van der Waals surface area contributed by atoms with Crippen molar-refractivity contribution in [3.8, 4) is 0 Å². The number of hydrogen-bond acceptors (Lipinski definition) is 8. The quantitative estimate of drug-likeness (QED) is 0.674. The number of nitrogens with one attached hydrogen (secondary N) is 2.